The third kappa shape index (κ3) is 4.16. The van der Waals surface area contributed by atoms with Gasteiger partial charge in [0.25, 0.3) is 0 Å². The van der Waals surface area contributed by atoms with Crippen molar-refractivity contribution in [3.8, 4) is 11.8 Å². The number of nitro groups is 1. The van der Waals surface area contributed by atoms with Gasteiger partial charge in [-0.25, -0.2) is 0 Å². The fourth-order valence-corrected chi connectivity index (χ4v) is 2.16. The normalized spacial score (nSPS) is 13.2. The highest BCUT2D eigenvalue weighted by Crippen LogP contribution is 2.36. The van der Waals surface area contributed by atoms with Crippen LogP contribution in [0.3, 0.4) is 0 Å². The molecule has 1 aromatic carbocycles. The molecule has 9 heteroatoms. The van der Waals surface area contributed by atoms with Crippen LogP contribution in [0.2, 0.25) is 0 Å². The molecule has 0 saturated carbocycles. The Kier molecular flexibility index (Phi) is 5.66. The number of phenols is 1. The Balaban J connectivity index is 3.16. The van der Waals surface area contributed by atoms with Gasteiger partial charge in [-0.2, -0.15) is 5.26 Å². The average Bonchev–Trinajstić information content (AvgIpc) is 2.43. The number of thioether (sulfide) groups is 1. The zero-order valence-corrected chi connectivity index (χ0v) is 11.7. The minimum atomic E-state index is -1.66. The predicted molar refractivity (Wildman–Crippen MR) is 73.6 cm³/mol. The number of nitrogens with zero attached hydrogens (tertiary/aromatic N) is 2. The number of benzene rings is 1. The quantitative estimate of drug-likeness (QED) is 0.536. The van der Waals surface area contributed by atoms with Crippen LogP contribution in [-0.4, -0.2) is 37.2 Å². The van der Waals surface area contributed by atoms with Crippen molar-refractivity contribution in [2.45, 2.75) is 19.1 Å². The maximum atomic E-state index is 10.8. The highest BCUT2D eigenvalue weighted by atomic mass is 32.2. The van der Waals surface area contributed by atoms with Crippen LogP contribution in [0.25, 0.3) is 0 Å². The van der Waals surface area contributed by atoms with Crippen molar-refractivity contribution in [2.24, 2.45) is 0 Å². The maximum Gasteiger partial charge on any atom is 0.312 e. The summed E-state index contributed by atoms with van der Waals surface area (Å²) in [5.41, 5.74) is -1.22. The van der Waals surface area contributed by atoms with Crippen molar-refractivity contribution < 1.29 is 25.0 Å². The number of aromatic hydroxyl groups is 1. The SMILES string of the molecule is CC(=O)SCC(O)C(O)c1cc(C#N)cc([N+](=O)[O-])c1O. The van der Waals surface area contributed by atoms with Gasteiger partial charge in [0.2, 0.25) is 0 Å². The molecular weight excluding hydrogens is 300 g/mol. The first kappa shape index (κ1) is 16.9. The molecule has 2 unspecified atom stereocenters. The lowest BCUT2D eigenvalue weighted by Gasteiger charge is -2.18. The zero-order chi connectivity index (χ0) is 16.2. The number of nitro benzene ring substituents is 1. The predicted octanol–water partition coefficient (Wildman–Crippen LogP) is 0.846. The van der Waals surface area contributed by atoms with Gasteiger partial charge >= 0.3 is 5.69 Å². The third-order valence-electron chi connectivity index (χ3n) is 2.59. The summed E-state index contributed by atoms with van der Waals surface area (Å²) in [5.74, 6) is -0.973. The van der Waals surface area contributed by atoms with Crippen LogP contribution in [0.15, 0.2) is 12.1 Å². The highest BCUT2D eigenvalue weighted by molar-refractivity contribution is 8.13. The van der Waals surface area contributed by atoms with Gasteiger partial charge < -0.3 is 15.3 Å². The number of aliphatic hydroxyl groups is 2. The van der Waals surface area contributed by atoms with E-state index in [0.29, 0.717) is 0 Å². The monoisotopic (exact) mass is 312 g/mol. The molecule has 0 aliphatic heterocycles. The third-order valence-corrected chi connectivity index (χ3v) is 3.50. The first-order chi connectivity index (χ1) is 9.77. The Bertz CT molecular complexity index is 613. The first-order valence-electron chi connectivity index (χ1n) is 5.68. The Morgan fingerprint density at radius 1 is 1.52 bits per heavy atom. The van der Waals surface area contributed by atoms with Crippen molar-refractivity contribution >= 4 is 22.6 Å². The molecule has 0 aliphatic carbocycles. The lowest BCUT2D eigenvalue weighted by atomic mass is 10.0. The van der Waals surface area contributed by atoms with Gasteiger partial charge in [-0.05, 0) is 6.07 Å². The van der Waals surface area contributed by atoms with E-state index in [1.54, 1.807) is 6.07 Å². The molecule has 112 valence electrons. The minimum Gasteiger partial charge on any atom is -0.502 e. The minimum absolute atomic E-state index is 0.139. The van der Waals surface area contributed by atoms with Crippen LogP contribution in [0.5, 0.6) is 5.75 Å². The summed E-state index contributed by atoms with van der Waals surface area (Å²) in [6, 6.07) is 3.58. The first-order valence-corrected chi connectivity index (χ1v) is 6.67. The second-order valence-corrected chi connectivity index (χ2v) is 5.31. The molecule has 21 heavy (non-hydrogen) atoms. The fourth-order valence-electron chi connectivity index (χ4n) is 1.57. The van der Waals surface area contributed by atoms with E-state index >= 15 is 0 Å². The summed E-state index contributed by atoms with van der Waals surface area (Å²) >= 11 is 0.759. The molecule has 0 aromatic heterocycles. The van der Waals surface area contributed by atoms with E-state index in [1.807, 2.05) is 0 Å². The number of nitriles is 1. The molecular formula is C12H12N2O6S. The number of hydrogen-bond acceptors (Lipinski definition) is 8. The maximum absolute atomic E-state index is 10.8. The van der Waals surface area contributed by atoms with Crippen molar-refractivity contribution in [1.29, 1.82) is 5.26 Å². The summed E-state index contributed by atoms with van der Waals surface area (Å²) in [6.07, 6.45) is -3.10. The van der Waals surface area contributed by atoms with E-state index in [2.05, 4.69) is 0 Å². The van der Waals surface area contributed by atoms with Gasteiger partial charge in [0.1, 0.15) is 6.10 Å². The molecule has 2 atom stereocenters. The molecule has 0 aliphatic rings. The average molecular weight is 312 g/mol. The molecule has 1 aromatic rings. The van der Waals surface area contributed by atoms with Crippen LogP contribution in [0.1, 0.15) is 24.2 Å². The summed E-state index contributed by atoms with van der Waals surface area (Å²) < 4.78 is 0. The number of carbonyl (C=O) groups is 1. The number of carbonyl (C=O) groups excluding carboxylic acids is 1. The molecule has 0 heterocycles. The van der Waals surface area contributed by atoms with Crippen LogP contribution in [-0.2, 0) is 4.79 Å². The fraction of sp³-hybridized carbons (Fsp3) is 0.333. The van der Waals surface area contributed by atoms with E-state index in [4.69, 9.17) is 5.26 Å². The molecule has 0 fully saturated rings. The van der Waals surface area contributed by atoms with Crippen LogP contribution < -0.4 is 0 Å². The summed E-state index contributed by atoms with van der Waals surface area (Å²) in [7, 11) is 0. The molecule has 0 bridgehead atoms. The van der Waals surface area contributed by atoms with Gasteiger partial charge in [0.15, 0.2) is 10.9 Å². The molecule has 0 spiro atoms. The van der Waals surface area contributed by atoms with Crippen molar-refractivity contribution in [1.82, 2.24) is 0 Å². The second-order valence-electron chi connectivity index (χ2n) is 4.12. The Morgan fingerprint density at radius 3 is 2.62 bits per heavy atom. The number of hydrogen-bond donors (Lipinski definition) is 3. The van der Waals surface area contributed by atoms with Gasteiger partial charge in [0, 0.05) is 24.3 Å². The molecule has 3 N–H and O–H groups in total. The van der Waals surface area contributed by atoms with E-state index in [-0.39, 0.29) is 22.0 Å². The number of rotatable bonds is 5. The van der Waals surface area contributed by atoms with Crippen molar-refractivity contribution in [3.05, 3.63) is 33.4 Å². The van der Waals surface area contributed by atoms with E-state index in [1.165, 1.54) is 6.92 Å². The second kappa shape index (κ2) is 7.03. The van der Waals surface area contributed by atoms with Gasteiger partial charge in [-0.1, -0.05) is 11.8 Å². The van der Waals surface area contributed by atoms with Gasteiger partial charge in [0.05, 0.1) is 22.7 Å². The Hall–Kier alpha value is -2.15. The van der Waals surface area contributed by atoms with E-state index in [9.17, 15) is 30.2 Å². The van der Waals surface area contributed by atoms with Crippen LogP contribution in [0, 0.1) is 21.4 Å². The lowest BCUT2D eigenvalue weighted by molar-refractivity contribution is -0.386. The Labute approximate surface area is 123 Å². The van der Waals surface area contributed by atoms with Gasteiger partial charge in [-0.15, -0.1) is 0 Å². The number of phenolic OH excluding ortho intramolecular Hbond substituents is 1. The largest absolute Gasteiger partial charge is 0.502 e. The van der Waals surface area contributed by atoms with Crippen LogP contribution in [0.4, 0.5) is 5.69 Å². The summed E-state index contributed by atoms with van der Waals surface area (Å²) in [4.78, 5) is 20.7. The zero-order valence-electron chi connectivity index (χ0n) is 10.9. The number of aliphatic hydroxyl groups excluding tert-OH is 2. The van der Waals surface area contributed by atoms with E-state index in [0.717, 1.165) is 23.9 Å². The van der Waals surface area contributed by atoms with Crippen molar-refractivity contribution in [2.75, 3.05) is 5.75 Å². The summed E-state index contributed by atoms with van der Waals surface area (Å²) in [6.45, 7) is 1.28. The topological polar surface area (TPSA) is 145 Å². The molecule has 1 rings (SSSR count). The highest BCUT2D eigenvalue weighted by Gasteiger charge is 2.27. The molecule has 0 saturated heterocycles. The standard InChI is InChI=1S/C12H12N2O6S/c1-6(15)21-5-10(16)12(18)8-2-7(4-13)3-9(11(8)17)14(19)20/h2-3,10,12,16-18H,5H2,1H3. The molecule has 0 radical (unpaired) electrons. The molecule has 8 nitrogen and oxygen atoms in total. The van der Waals surface area contributed by atoms with Gasteiger partial charge in [-0.3, -0.25) is 14.9 Å². The van der Waals surface area contributed by atoms with Crippen LogP contribution >= 0.6 is 11.8 Å². The van der Waals surface area contributed by atoms with Crippen molar-refractivity contribution in [3.63, 3.8) is 0 Å². The Morgan fingerprint density at radius 2 is 2.14 bits per heavy atom. The molecule has 0 amide bonds. The summed E-state index contributed by atoms with van der Waals surface area (Å²) in [5, 5.41) is 48.8. The smallest absolute Gasteiger partial charge is 0.312 e. The lowest BCUT2D eigenvalue weighted by Crippen LogP contribution is -2.21. The van der Waals surface area contributed by atoms with E-state index < -0.39 is 28.6 Å².